The third-order valence-corrected chi connectivity index (χ3v) is 4.37. The molecule has 2 amide bonds. The van der Waals surface area contributed by atoms with E-state index >= 15 is 0 Å². The predicted octanol–water partition coefficient (Wildman–Crippen LogP) is 3.49. The number of hydrogen-bond donors (Lipinski definition) is 2. The monoisotopic (exact) mass is 358 g/mol. The van der Waals surface area contributed by atoms with Crippen LogP contribution in [0.3, 0.4) is 0 Å². The quantitative estimate of drug-likeness (QED) is 0.791. The Morgan fingerprint density at radius 1 is 1.26 bits per heavy atom. The number of benzene rings is 1. The van der Waals surface area contributed by atoms with Crippen LogP contribution >= 0.6 is 23.2 Å². The van der Waals surface area contributed by atoms with E-state index in [4.69, 9.17) is 27.9 Å². The molecule has 1 aromatic carbocycles. The van der Waals surface area contributed by atoms with Gasteiger partial charge < -0.3 is 4.74 Å². The number of hydrogen-bond acceptors (Lipinski definition) is 3. The van der Waals surface area contributed by atoms with E-state index in [0.29, 0.717) is 28.1 Å². The molecule has 0 aliphatic heterocycles. The van der Waals surface area contributed by atoms with Gasteiger partial charge >= 0.3 is 0 Å². The van der Waals surface area contributed by atoms with Crippen molar-refractivity contribution in [3.63, 3.8) is 0 Å². The van der Waals surface area contributed by atoms with Gasteiger partial charge in [0, 0.05) is 11.4 Å². The normalized spacial score (nSPS) is 16.0. The van der Waals surface area contributed by atoms with Gasteiger partial charge in [0.25, 0.3) is 5.91 Å². The molecular weight excluding hydrogens is 339 g/mol. The van der Waals surface area contributed by atoms with Gasteiger partial charge in [-0.05, 0) is 43.9 Å². The molecule has 0 bridgehead atoms. The Hall–Kier alpha value is -1.46. The van der Waals surface area contributed by atoms with Crippen LogP contribution in [0, 0.1) is 5.92 Å². The minimum absolute atomic E-state index is 0.179. The maximum absolute atomic E-state index is 11.9. The van der Waals surface area contributed by atoms with E-state index in [9.17, 15) is 9.59 Å². The first-order valence-electron chi connectivity index (χ1n) is 7.66. The van der Waals surface area contributed by atoms with Crippen molar-refractivity contribution in [1.29, 1.82) is 0 Å². The van der Waals surface area contributed by atoms with E-state index in [1.807, 2.05) is 0 Å². The number of nitrogens with one attached hydrogen (secondary N) is 2. The molecule has 1 aromatic rings. The van der Waals surface area contributed by atoms with Crippen LogP contribution in [0.1, 0.15) is 39.0 Å². The summed E-state index contributed by atoms with van der Waals surface area (Å²) in [6.07, 6.45) is 4.15. The van der Waals surface area contributed by atoms with E-state index in [-0.39, 0.29) is 5.91 Å². The topological polar surface area (TPSA) is 67.4 Å². The van der Waals surface area contributed by atoms with E-state index in [1.54, 1.807) is 19.1 Å². The zero-order valence-corrected chi connectivity index (χ0v) is 14.4. The van der Waals surface area contributed by atoms with Crippen LogP contribution in [0.15, 0.2) is 18.2 Å². The van der Waals surface area contributed by atoms with Crippen LogP contribution in [-0.2, 0) is 9.59 Å². The molecule has 1 atom stereocenters. The van der Waals surface area contributed by atoms with Gasteiger partial charge in [-0.1, -0.05) is 36.0 Å². The lowest BCUT2D eigenvalue weighted by atomic mass is 10.0. The fourth-order valence-corrected chi connectivity index (χ4v) is 3.03. The van der Waals surface area contributed by atoms with Crippen molar-refractivity contribution in [3.05, 3.63) is 28.2 Å². The highest BCUT2D eigenvalue weighted by Gasteiger charge is 2.20. The van der Waals surface area contributed by atoms with Gasteiger partial charge in [0.2, 0.25) is 5.91 Å². The molecule has 1 aliphatic carbocycles. The lowest BCUT2D eigenvalue weighted by Gasteiger charge is -2.16. The number of ether oxygens (including phenoxy) is 1. The van der Waals surface area contributed by atoms with Gasteiger partial charge in [0.05, 0.1) is 5.02 Å². The Labute approximate surface area is 145 Å². The third kappa shape index (κ3) is 5.59. The van der Waals surface area contributed by atoms with Gasteiger partial charge in [-0.3, -0.25) is 20.4 Å². The van der Waals surface area contributed by atoms with Crippen molar-refractivity contribution in [2.75, 3.05) is 0 Å². The predicted molar refractivity (Wildman–Crippen MR) is 89.4 cm³/mol. The highest BCUT2D eigenvalue weighted by molar-refractivity contribution is 6.35. The summed E-state index contributed by atoms with van der Waals surface area (Å²) < 4.78 is 5.47. The van der Waals surface area contributed by atoms with Gasteiger partial charge in [0.15, 0.2) is 6.10 Å². The second kappa shape index (κ2) is 8.41. The van der Waals surface area contributed by atoms with Crippen molar-refractivity contribution in [1.82, 2.24) is 10.9 Å². The molecule has 23 heavy (non-hydrogen) atoms. The Bertz CT molecular complexity index is 574. The molecule has 1 aliphatic rings. The van der Waals surface area contributed by atoms with Gasteiger partial charge in [0.1, 0.15) is 5.75 Å². The van der Waals surface area contributed by atoms with E-state index < -0.39 is 12.0 Å². The largest absolute Gasteiger partial charge is 0.479 e. The Morgan fingerprint density at radius 3 is 2.61 bits per heavy atom. The van der Waals surface area contributed by atoms with Crippen LogP contribution < -0.4 is 15.6 Å². The molecule has 2 N–H and O–H groups in total. The summed E-state index contributed by atoms with van der Waals surface area (Å²) in [5, 5.41) is 0.807. The van der Waals surface area contributed by atoms with Crippen molar-refractivity contribution in [2.24, 2.45) is 5.92 Å². The zero-order valence-electron chi connectivity index (χ0n) is 12.9. The first kappa shape index (κ1) is 17.9. The Kier molecular flexibility index (Phi) is 6.54. The van der Waals surface area contributed by atoms with Gasteiger partial charge in [-0.2, -0.15) is 0 Å². The highest BCUT2D eigenvalue weighted by atomic mass is 35.5. The van der Waals surface area contributed by atoms with Crippen LogP contribution in [0.4, 0.5) is 0 Å². The fourth-order valence-electron chi connectivity index (χ4n) is 2.58. The van der Waals surface area contributed by atoms with Crippen molar-refractivity contribution in [2.45, 2.75) is 45.1 Å². The van der Waals surface area contributed by atoms with E-state index in [2.05, 4.69) is 10.9 Å². The summed E-state index contributed by atoms with van der Waals surface area (Å²) in [6, 6.07) is 4.75. The summed E-state index contributed by atoms with van der Waals surface area (Å²) in [6.45, 7) is 1.57. The molecule has 126 valence electrons. The molecule has 0 saturated heterocycles. The number of carbonyl (C=O) groups is 2. The first-order valence-corrected chi connectivity index (χ1v) is 8.41. The van der Waals surface area contributed by atoms with E-state index in [0.717, 1.165) is 12.8 Å². The summed E-state index contributed by atoms with van der Waals surface area (Å²) in [5.74, 6) is 0.155. The van der Waals surface area contributed by atoms with Gasteiger partial charge in [-0.15, -0.1) is 0 Å². The molecular formula is C16H20Cl2N2O3. The molecule has 1 saturated carbocycles. The lowest BCUT2D eigenvalue weighted by Crippen LogP contribution is -2.47. The maximum Gasteiger partial charge on any atom is 0.279 e. The molecule has 7 heteroatoms. The number of carbonyl (C=O) groups excluding carboxylic acids is 2. The number of amides is 2. The second-order valence-corrected chi connectivity index (χ2v) is 6.57. The molecule has 0 radical (unpaired) electrons. The average molecular weight is 359 g/mol. The van der Waals surface area contributed by atoms with Gasteiger partial charge in [-0.25, -0.2) is 0 Å². The Balaban J connectivity index is 1.76. The summed E-state index contributed by atoms with van der Waals surface area (Å²) in [7, 11) is 0. The number of hydrazine groups is 1. The second-order valence-electron chi connectivity index (χ2n) is 5.73. The average Bonchev–Trinajstić information content (AvgIpc) is 3.00. The molecule has 0 aromatic heterocycles. The number of halogens is 2. The summed E-state index contributed by atoms with van der Waals surface area (Å²) in [5.41, 5.74) is 4.80. The molecule has 5 nitrogen and oxygen atoms in total. The summed E-state index contributed by atoms with van der Waals surface area (Å²) >= 11 is 11.8. The van der Waals surface area contributed by atoms with Crippen LogP contribution in [-0.4, -0.2) is 17.9 Å². The smallest absolute Gasteiger partial charge is 0.279 e. The van der Waals surface area contributed by atoms with Crippen molar-refractivity contribution in [3.8, 4) is 5.75 Å². The van der Waals surface area contributed by atoms with Crippen molar-refractivity contribution < 1.29 is 14.3 Å². The van der Waals surface area contributed by atoms with E-state index in [1.165, 1.54) is 18.9 Å². The highest BCUT2D eigenvalue weighted by Crippen LogP contribution is 2.28. The van der Waals surface area contributed by atoms with Crippen molar-refractivity contribution >= 4 is 35.0 Å². The zero-order chi connectivity index (χ0) is 16.8. The molecule has 0 heterocycles. The SMILES string of the molecule is CC(Oc1ccc(Cl)cc1Cl)C(=O)NNC(=O)CC1CCCC1. The van der Waals surface area contributed by atoms with Crippen LogP contribution in [0.5, 0.6) is 5.75 Å². The summed E-state index contributed by atoms with van der Waals surface area (Å²) in [4.78, 5) is 23.7. The molecule has 1 unspecified atom stereocenters. The fraction of sp³-hybridized carbons (Fsp3) is 0.500. The minimum Gasteiger partial charge on any atom is -0.479 e. The maximum atomic E-state index is 11.9. The minimum atomic E-state index is -0.805. The molecule has 1 fully saturated rings. The van der Waals surface area contributed by atoms with Crippen LogP contribution in [0.25, 0.3) is 0 Å². The number of rotatable bonds is 5. The lowest BCUT2D eigenvalue weighted by molar-refractivity contribution is -0.133. The third-order valence-electron chi connectivity index (χ3n) is 3.84. The first-order chi connectivity index (χ1) is 11.0. The molecule has 2 rings (SSSR count). The Morgan fingerprint density at radius 2 is 1.96 bits per heavy atom. The molecule has 0 spiro atoms. The van der Waals surface area contributed by atoms with Crippen LogP contribution in [0.2, 0.25) is 10.0 Å². The standard InChI is InChI=1S/C16H20Cl2N2O3/c1-10(23-14-7-6-12(17)9-13(14)18)16(22)20-19-15(21)8-11-4-2-3-5-11/h6-7,9-11H,2-5,8H2,1H3,(H,19,21)(H,20,22).